The maximum Gasteiger partial charge on any atom is 2.00 e. The number of hydrogen-bond acceptors (Lipinski definition) is 0. The molecule has 0 aromatic rings. The second-order valence-electron chi connectivity index (χ2n) is 0. The summed E-state index contributed by atoms with van der Waals surface area (Å²) >= 11 is 0. The van der Waals surface area contributed by atoms with Gasteiger partial charge in [-0.05, 0) is 0 Å². The molecule has 0 aliphatic rings. The predicted molar refractivity (Wildman–Crippen MR) is 8.33 cm³/mol. The Bertz CT molecular complexity index is 7.51. The van der Waals surface area contributed by atoms with Gasteiger partial charge in [0.25, 0.3) is 0 Å². The summed E-state index contributed by atoms with van der Waals surface area (Å²) in [5.74, 6) is 0. The van der Waals surface area contributed by atoms with Crippen LogP contribution in [0.1, 0.15) is 0 Å². The Kier molecular flexibility index (Phi) is 10200. The molecule has 0 heterocycles. The van der Waals surface area contributed by atoms with E-state index >= 15 is 0 Å². The van der Waals surface area contributed by atoms with Crippen molar-refractivity contribution in [3.8, 4) is 0 Å². The van der Waals surface area contributed by atoms with Gasteiger partial charge in [-0.15, -0.1) is 0 Å². The number of hydrogen-bond donors (Lipinski definition) is 0. The predicted octanol–water partition coefficient (Wildman–Crippen LogP) is -1.55. The summed E-state index contributed by atoms with van der Waals surface area (Å²) in [5, 5.41) is 0. The van der Waals surface area contributed by atoms with Gasteiger partial charge in [0, 0.05) is 0 Å². The largest absolute Gasteiger partial charge is 2.00 e. The second-order valence-corrected chi connectivity index (χ2v) is 0. The Balaban J connectivity index is 0. The Morgan fingerprint density at radius 2 is 0.667 bits per heavy atom. The van der Waals surface area contributed by atoms with Crippen molar-refractivity contribution in [1.29, 1.82) is 0 Å². The Labute approximate surface area is 55.9 Å². The van der Waals surface area contributed by atoms with E-state index in [0.29, 0.717) is 0 Å². The van der Waals surface area contributed by atoms with Crippen LogP contribution in [0.5, 0.6) is 0 Å². The van der Waals surface area contributed by atoms with Crippen molar-refractivity contribution in [3.05, 3.63) is 0 Å². The molecule has 0 saturated carbocycles. The summed E-state index contributed by atoms with van der Waals surface area (Å²) in [6.45, 7) is 0. The average Bonchev–Trinajstić information content (AvgIpc) is 0. The van der Waals surface area contributed by atoms with Crippen molar-refractivity contribution in [2.45, 2.75) is 0 Å². The fraction of sp³-hybridized carbons (Fsp3) is 0. The van der Waals surface area contributed by atoms with Crippen LogP contribution in [0.3, 0.4) is 0 Å². The van der Waals surface area contributed by atoms with E-state index in [2.05, 4.69) is 0 Å². The molecule has 0 atom stereocenters. The molecule has 0 unspecified atom stereocenters. The van der Waals surface area contributed by atoms with Crippen molar-refractivity contribution < 1.29 is 55.5 Å². The third-order valence-electron chi connectivity index (χ3n) is 0. The first-order valence-electron chi connectivity index (χ1n) is 0. The molecule has 0 aromatic carbocycles. The van der Waals surface area contributed by atoms with Crippen LogP contribution >= 0.6 is 0 Å². The van der Waals surface area contributed by atoms with E-state index in [-0.39, 0.29) is 55.5 Å². The first-order chi connectivity index (χ1) is 0. The molecule has 1 radical (unpaired) electrons. The van der Waals surface area contributed by atoms with Crippen molar-refractivity contribution in [3.63, 3.8) is 0 Å². The van der Waals surface area contributed by atoms with Crippen LogP contribution in [0.25, 0.3) is 0 Å². The molecule has 0 aliphatic heterocycles. The van der Waals surface area contributed by atoms with E-state index < -0.39 is 0 Å². The van der Waals surface area contributed by atoms with Crippen molar-refractivity contribution in [1.82, 2.24) is 0 Å². The smallest absolute Gasteiger partial charge is 2.00 e. The molecule has 4 nitrogen and oxygen atoms in total. The van der Waals surface area contributed by atoms with E-state index in [9.17, 15) is 0 Å². The van der Waals surface area contributed by atoms with Gasteiger partial charge in [-0.2, -0.15) is 0 Å². The minimum absolute atomic E-state index is 0. The average molecular weight is 182 g/mol. The summed E-state index contributed by atoms with van der Waals surface area (Å²) in [4.78, 5) is 0. The van der Waals surface area contributed by atoms with Gasteiger partial charge in [-0.3, -0.25) is 0 Å². The molecule has 0 aliphatic carbocycles. The van der Waals surface area contributed by atoms with Crippen LogP contribution in [-0.4, -0.2) is 0 Å². The topological polar surface area (TPSA) is 120 Å². The van der Waals surface area contributed by atoms with Gasteiger partial charge in [0.05, 0.1) is 0 Å². The van der Waals surface area contributed by atoms with Gasteiger partial charge < -0.3 is 21.9 Å². The van der Waals surface area contributed by atoms with Gasteiger partial charge in [0.15, 0.2) is 0 Å². The zero-order valence-electron chi connectivity index (χ0n) is 2.63. The molecule has 6 heteroatoms. The van der Waals surface area contributed by atoms with Crippen LogP contribution in [-0.2, 0) is 55.5 Å². The number of rotatable bonds is 0. The molecule has 45 valence electrons. The maximum atomic E-state index is 0. The molecule has 4 N–H and O–H groups in total. The summed E-state index contributed by atoms with van der Waals surface area (Å²) in [7, 11) is 0. The van der Waals surface area contributed by atoms with E-state index in [4.69, 9.17) is 0 Å². The summed E-state index contributed by atoms with van der Waals surface area (Å²) in [6, 6.07) is 0. The van der Waals surface area contributed by atoms with E-state index in [0.717, 1.165) is 0 Å². The minimum Gasteiger partial charge on any atom is -2.00 e. The normalized spacial score (nSPS) is 0. The molecule has 0 spiro atoms. The summed E-state index contributed by atoms with van der Waals surface area (Å²) in [6.07, 6.45) is 0. The van der Waals surface area contributed by atoms with Crippen LogP contribution in [0.15, 0.2) is 0 Å². The third-order valence-corrected chi connectivity index (χ3v) is 0. The Morgan fingerprint density at radius 1 is 0.667 bits per heavy atom. The monoisotopic (exact) mass is 181 g/mol. The van der Waals surface area contributed by atoms with Crippen molar-refractivity contribution >= 4 is 0 Å². The van der Waals surface area contributed by atoms with Gasteiger partial charge in [0.2, 0.25) is 0 Å². The molecular formula is H4MnNiO4. The van der Waals surface area contributed by atoms with Gasteiger partial charge in [-0.25, -0.2) is 0 Å². The Morgan fingerprint density at radius 3 is 0.667 bits per heavy atom. The first kappa shape index (κ1) is 323. The molecule has 6 heavy (non-hydrogen) atoms. The molecule has 0 rings (SSSR count). The van der Waals surface area contributed by atoms with Gasteiger partial charge in [0.1, 0.15) is 0 Å². The van der Waals surface area contributed by atoms with E-state index in [1.165, 1.54) is 0 Å². The fourth-order valence-corrected chi connectivity index (χ4v) is 0. The molecular weight excluding hydrogens is 178 g/mol. The van der Waals surface area contributed by atoms with Gasteiger partial charge in [-0.1, -0.05) is 0 Å². The molecule has 0 fully saturated rings. The molecule has 0 bridgehead atoms. The van der Waals surface area contributed by atoms with Crippen LogP contribution in [0.2, 0.25) is 0 Å². The fourth-order valence-electron chi connectivity index (χ4n) is 0. The molecule has 0 aromatic heterocycles. The first-order valence-corrected chi connectivity index (χ1v) is 0. The van der Waals surface area contributed by atoms with E-state index in [1.807, 2.05) is 0 Å². The quantitative estimate of drug-likeness (QED) is 0.402. The van der Waals surface area contributed by atoms with E-state index in [1.54, 1.807) is 0 Å². The second kappa shape index (κ2) is 189. The van der Waals surface area contributed by atoms with Crippen LogP contribution in [0.4, 0.5) is 0 Å². The van der Waals surface area contributed by atoms with Crippen LogP contribution < -0.4 is 0 Å². The maximum absolute atomic E-state index is 0. The summed E-state index contributed by atoms with van der Waals surface area (Å²) in [5.41, 5.74) is 0. The third kappa shape index (κ3) is 99.0. The zero-order valence-corrected chi connectivity index (χ0v) is 4.79. The van der Waals surface area contributed by atoms with Crippen molar-refractivity contribution in [2.75, 3.05) is 0 Å². The van der Waals surface area contributed by atoms with Crippen LogP contribution in [0, 0.1) is 0 Å². The minimum atomic E-state index is 0. The zero-order chi connectivity index (χ0) is 0. The summed E-state index contributed by atoms with van der Waals surface area (Å²) < 4.78 is 0. The standard InChI is InChI=1S/Mn.Ni.H4O.3O/h;;1H4;;;/q3*+2;3*-2. The Hall–Kier alpha value is 0.853. The molecule has 0 amide bonds. The SMILES string of the molecule is [Mn+2].[Ni+2].[O-2].[O-2].[O-2].[OH4+2]. The molecule has 0 saturated heterocycles. The van der Waals surface area contributed by atoms with Crippen molar-refractivity contribution in [2.24, 2.45) is 0 Å². The van der Waals surface area contributed by atoms with Gasteiger partial charge >= 0.3 is 33.6 Å².